The second kappa shape index (κ2) is 7.56. The molecule has 0 saturated carbocycles. The molecule has 118 valence electrons. The maximum atomic E-state index is 13.0. The van der Waals surface area contributed by atoms with Crippen molar-refractivity contribution in [2.45, 2.75) is 31.9 Å². The molecule has 1 aromatic carbocycles. The fourth-order valence-corrected chi connectivity index (χ4v) is 2.08. The monoisotopic (exact) mass is 320 g/mol. The third kappa shape index (κ3) is 5.13. The Kier molecular flexibility index (Phi) is 6.36. The lowest BCUT2D eigenvalue weighted by atomic mass is 10.1. The predicted octanol–water partition coefficient (Wildman–Crippen LogP) is 2.12. The molecule has 2 N–H and O–H groups in total. The second-order valence-corrected chi connectivity index (χ2v) is 4.79. The van der Waals surface area contributed by atoms with Gasteiger partial charge in [-0.25, -0.2) is 8.78 Å². The molecule has 1 fully saturated rings. The van der Waals surface area contributed by atoms with Crippen LogP contribution in [0.2, 0.25) is 0 Å². The summed E-state index contributed by atoms with van der Waals surface area (Å²) >= 11 is 0. The summed E-state index contributed by atoms with van der Waals surface area (Å²) in [6.07, 6.45) is -0.442. The average Bonchev–Trinajstić information content (AvgIpc) is 2.78. The minimum atomic E-state index is -2.79. The van der Waals surface area contributed by atoms with Crippen LogP contribution >= 0.6 is 12.4 Å². The lowest BCUT2D eigenvalue weighted by Gasteiger charge is -2.11. The van der Waals surface area contributed by atoms with Crippen molar-refractivity contribution in [2.24, 2.45) is 0 Å². The van der Waals surface area contributed by atoms with Gasteiger partial charge in [-0.2, -0.15) is 0 Å². The van der Waals surface area contributed by atoms with Crippen LogP contribution in [0.5, 0.6) is 5.75 Å². The Labute approximate surface area is 128 Å². The van der Waals surface area contributed by atoms with Crippen molar-refractivity contribution in [1.82, 2.24) is 10.6 Å². The summed E-state index contributed by atoms with van der Waals surface area (Å²) in [5.41, 5.74) is 0.895. The number of carbonyl (C=O) groups is 1. The number of carbonyl (C=O) groups excluding carboxylic acids is 1. The Morgan fingerprint density at radius 1 is 1.43 bits per heavy atom. The van der Waals surface area contributed by atoms with E-state index in [1.54, 1.807) is 0 Å². The molecule has 1 atom stereocenters. The highest BCUT2D eigenvalue weighted by molar-refractivity contribution is 5.85. The summed E-state index contributed by atoms with van der Waals surface area (Å²) in [7, 11) is 0. The first-order chi connectivity index (χ1) is 9.50. The van der Waals surface area contributed by atoms with E-state index >= 15 is 0 Å². The van der Waals surface area contributed by atoms with Crippen molar-refractivity contribution in [2.75, 3.05) is 13.2 Å². The van der Waals surface area contributed by atoms with Gasteiger partial charge in [0.1, 0.15) is 5.75 Å². The first kappa shape index (κ1) is 17.7. The third-order valence-corrected chi connectivity index (χ3v) is 3.13. The maximum absolute atomic E-state index is 13.0. The smallest absolute Gasteiger partial charge is 0.262 e. The van der Waals surface area contributed by atoms with Gasteiger partial charge in [-0.05, 0) is 24.6 Å². The Balaban J connectivity index is 0.00000220. The molecule has 0 spiro atoms. The van der Waals surface area contributed by atoms with E-state index in [0.717, 1.165) is 11.3 Å². The number of hydrogen-bond acceptors (Lipinski definition) is 3. The number of nitrogens with one attached hydrogen (secondary N) is 2. The van der Waals surface area contributed by atoms with E-state index in [4.69, 9.17) is 4.74 Å². The van der Waals surface area contributed by atoms with Gasteiger partial charge in [0.05, 0.1) is 19.2 Å². The Hall–Kier alpha value is -1.40. The van der Waals surface area contributed by atoms with Crippen LogP contribution in [0.15, 0.2) is 24.3 Å². The summed E-state index contributed by atoms with van der Waals surface area (Å²) in [5.74, 6) is -2.42. The first-order valence-electron chi connectivity index (χ1n) is 6.61. The number of ether oxygens (including phenoxy) is 1. The van der Waals surface area contributed by atoms with Crippen LogP contribution < -0.4 is 15.4 Å². The van der Waals surface area contributed by atoms with Gasteiger partial charge < -0.3 is 10.1 Å². The molecule has 1 aliphatic rings. The quantitative estimate of drug-likeness (QED) is 0.874. The summed E-state index contributed by atoms with van der Waals surface area (Å²) in [4.78, 5) is 11.7. The molecule has 1 aliphatic heterocycles. The van der Waals surface area contributed by atoms with Crippen LogP contribution in [-0.2, 0) is 11.3 Å². The van der Waals surface area contributed by atoms with Gasteiger partial charge in [0.25, 0.3) is 5.92 Å². The largest absolute Gasteiger partial charge is 0.494 e. The number of amides is 1. The first-order valence-corrected chi connectivity index (χ1v) is 6.61. The van der Waals surface area contributed by atoms with E-state index < -0.39 is 30.8 Å². The van der Waals surface area contributed by atoms with Crippen molar-refractivity contribution >= 4 is 18.3 Å². The summed E-state index contributed by atoms with van der Waals surface area (Å²) in [6, 6.07) is 6.48. The van der Waals surface area contributed by atoms with Crippen LogP contribution in [0.1, 0.15) is 18.9 Å². The second-order valence-electron chi connectivity index (χ2n) is 4.79. The summed E-state index contributed by atoms with van der Waals surface area (Å²) in [6.45, 7) is 2.37. The lowest BCUT2D eigenvalue weighted by molar-refractivity contribution is -0.123. The predicted molar refractivity (Wildman–Crippen MR) is 78.1 cm³/mol. The zero-order valence-electron chi connectivity index (χ0n) is 11.7. The number of hydrogen-bond donors (Lipinski definition) is 2. The van der Waals surface area contributed by atoms with Crippen molar-refractivity contribution in [3.05, 3.63) is 29.8 Å². The highest BCUT2D eigenvalue weighted by Gasteiger charge is 2.42. The number of rotatable bonds is 5. The van der Waals surface area contributed by atoms with Crippen molar-refractivity contribution in [3.8, 4) is 5.75 Å². The molecule has 2 rings (SSSR count). The zero-order valence-corrected chi connectivity index (χ0v) is 12.5. The minimum Gasteiger partial charge on any atom is -0.494 e. The van der Waals surface area contributed by atoms with Crippen LogP contribution in [0.25, 0.3) is 0 Å². The molecule has 1 amide bonds. The third-order valence-electron chi connectivity index (χ3n) is 3.13. The van der Waals surface area contributed by atoms with E-state index in [9.17, 15) is 13.6 Å². The molecular weight excluding hydrogens is 302 g/mol. The summed E-state index contributed by atoms with van der Waals surface area (Å²) < 4.78 is 31.3. The molecular formula is C14H19ClF2N2O2. The maximum Gasteiger partial charge on any atom is 0.262 e. The number of alkyl halides is 2. The van der Waals surface area contributed by atoms with Crippen molar-refractivity contribution in [1.29, 1.82) is 0 Å². The molecule has 0 aromatic heterocycles. The van der Waals surface area contributed by atoms with Gasteiger partial charge in [-0.15, -0.1) is 12.4 Å². The normalized spacial score (nSPS) is 19.7. The molecule has 4 nitrogen and oxygen atoms in total. The molecule has 0 aliphatic carbocycles. The average molecular weight is 321 g/mol. The van der Waals surface area contributed by atoms with E-state index in [2.05, 4.69) is 10.6 Å². The van der Waals surface area contributed by atoms with Crippen molar-refractivity contribution in [3.63, 3.8) is 0 Å². The van der Waals surface area contributed by atoms with Crippen LogP contribution in [0.4, 0.5) is 8.78 Å². The van der Waals surface area contributed by atoms with Crippen molar-refractivity contribution < 1.29 is 18.3 Å². The molecule has 7 heteroatoms. The van der Waals surface area contributed by atoms with Gasteiger partial charge in [-0.1, -0.05) is 12.1 Å². The van der Waals surface area contributed by atoms with E-state index in [1.807, 2.05) is 31.2 Å². The number of halogens is 3. The molecule has 21 heavy (non-hydrogen) atoms. The molecule has 0 bridgehead atoms. The Morgan fingerprint density at radius 3 is 2.62 bits per heavy atom. The topological polar surface area (TPSA) is 50.4 Å². The minimum absolute atomic E-state index is 0. The lowest BCUT2D eigenvalue weighted by Crippen LogP contribution is -2.39. The highest BCUT2D eigenvalue weighted by atomic mass is 35.5. The van der Waals surface area contributed by atoms with Gasteiger partial charge >= 0.3 is 0 Å². The van der Waals surface area contributed by atoms with Gasteiger partial charge in [0.2, 0.25) is 5.91 Å². The van der Waals surface area contributed by atoms with Crippen LogP contribution in [0.3, 0.4) is 0 Å². The van der Waals surface area contributed by atoms with Gasteiger partial charge in [0, 0.05) is 13.0 Å². The van der Waals surface area contributed by atoms with Gasteiger partial charge in [-0.3, -0.25) is 10.1 Å². The summed E-state index contributed by atoms with van der Waals surface area (Å²) in [5, 5.41) is 5.18. The van der Waals surface area contributed by atoms with E-state index in [-0.39, 0.29) is 12.4 Å². The molecule has 1 aromatic rings. The molecule has 1 unspecified atom stereocenters. The fourth-order valence-electron chi connectivity index (χ4n) is 2.08. The Bertz CT molecular complexity index is 469. The van der Waals surface area contributed by atoms with Crippen LogP contribution in [0, 0.1) is 0 Å². The van der Waals surface area contributed by atoms with E-state index in [0.29, 0.717) is 13.2 Å². The van der Waals surface area contributed by atoms with E-state index in [1.165, 1.54) is 0 Å². The highest BCUT2D eigenvalue weighted by Crippen LogP contribution is 2.25. The molecule has 1 saturated heterocycles. The molecule has 1 heterocycles. The molecule has 0 radical (unpaired) electrons. The Morgan fingerprint density at radius 2 is 2.10 bits per heavy atom. The SMILES string of the molecule is CCOc1ccc(CNC(=O)C2CC(F)(F)CN2)cc1.Cl. The zero-order chi connectivity index (χ0) is 14.6. The van der Waals surface area contributed by atoms with Crippen LogP contribution in [-0.4, -0.2) is 31.0 Å². The fraction of sp³-hybridized carbons (Fsp3) is 0.500. The standard InChI is InChI=1S/C14H18F2N2O2.ClH/c1-2-20-11-5-3-10(4-6-11)8-17-13(19)12-7-14(15,16)9-18-12;/h3-6,12,18H,2,7-9H2,1H3,(H,17,19);1H. The van der Waals surface area contributed by atoms with Gasteiger partial charge in [0.15, 0.2) is 0 Å². The number of benzene rings is 1.